The van der Waals surface area contributed by atoms with Crippen molar-refractivity contribution in [3.05, 3.63) is 77.7 Å². The number of halogens is 4. The number of amides is 1. The number of hydrogen-bond donors (Lipinski definition) is 2. The van der Waals surface area contributed by atoms with Crippen molar-refractivity contribution < 1.29 is 32.3 Å². The van der Waals surface area contributed by atoms with Gasteiger partial charge in [-0.1, -0.05) is 30.7 Å². The quantitative estimate of drug-likeness (QED) is 0.462. The molecule has 35 heavy (non-hydrogen) atoms. The second kappa shape index (κ2) is 9.81. The zero-order valence-corrected chi connectivity index (χ0v) is 18.3. The number of carbonyl (C=O) groups is 2. The molecule has 1 aliphatic rings. The smallest absolute Gasteiger partial charge is 0.416 e. The molecule has 3 aromatic rings. The van der Waals surface area contributed by atoms with E-state index in [9.17, 15) is 32.3 Å². The lowest BCUT2D eigenvalue weighted by Gasteiger charge is -2.35. The molecule has 1 amide bonds. The van der Waals surface area contributed by atoms with Crippen LogP contribution in [0, 0.1) is 17.7 Å². The van der Waals surface area contributed by atoms with Crippen LogP contribution in [-0.2, 0) is 15.8 Å². The van der Waals surface area contributed by atoms with Gasteiger partial charge in [-0.2, -0.15) is 23.4 Å². The van der Waals surface area contributed by atoms with Gasteiger partial charge >= 0.3 is 12.1 Å². The van der Waals surface area contributed by atoms with E-state index in [0.717, 1.165) is 17.2 Å². The number of alkyl halides is 3. The van der Waals surface area contributed by atoms with Crippen LogP contribution in [0.1, 0.15) is 36.3 Å². The van der Waals surface area contributed by atoms with Gasteiger partial charge in [0.25, 0.3) is 0 Å². The highest BCUT2D eigenvalue weighted by Gasteiger charge is 2.43. The van der Waals surface area contributed by atoms with Crippen molar-refractivity contribution in [1.82, 2.24) is 10.2 Å². The van der Waals surface area contributed by atoms with E-state index >= 15 is 0 Å². The number of nitrogens with one attached hydrogen (secondary N) is 1. The standard InChI is InChI=1S/C25H21F4N3O3/c26-19-13-16(25(27,28)29)10-11-21(19)31-23(33)18-4-1-3-17(22(18)24(34)35)14-6-8-15(9-7-14)20-5-2-12-30-32-20/h2,5-13,17-18,22H,1,3-4H2,(H,31,33)(H,34,35)/t17-,18-,22-/m1/s1. The number of nitrogens with zero attached hydrogens (tertiary/aromatic N) is 2. The van der Waals surface area contributed by atoms with E-state index in [2.05, 4.69) is 15.5 Å². The number of aromatic nitrogens is 2. The van der Waals surface area contributed by atoms with Crippen LogP contribution in [-0.4, -0.2) is 27.2 Å². The Morgan fingerprint density at radius 3 is 2.37 bits per heavy atom. The number of rotatable bonds is 5. The Kier molecular flexibility index (Phi) is 6.81. The molecule has 0 unspecified atom stereocenters. The second-order valence-electron chi connectivity index (χ2n) is 8.42. The van der Waals surface area contributed by atoms with Gasteiger partial charge in [0.05, 0.1) is 28.8 Å². The van der Waals surface area contributed by atoms with Gasteiger partial charge in [-0.15, -0.1) is 0 Å². The first-order valence-electron chi connectivity index (χ1n) is 10.9. The molecule has 6 nitrogen and oxygen atoms in total. The SMILES string of the molecule is O=C(O)[C@@H]1[C@@H](c2ccc(-c3cccnn3)cc2)CCC[C@H]1C(=O)Nc1ccc(C(F)(F)F)cc1F. The Hall–Kier alpha value is -3.82. The largest absolute Gasteiger partial charge is 0.481 e. The lowest BCUT2D eigenvalue weighted by molar-refractivity contribution is -0.148. The Labute approximate surface area is 198 Å². The van der Waals surface area contributed by atoms with Crippen LogP contribution in [0.4, 0.5) is 23.2 Å². The van der Waals surface area contributed by atoms with E-state index < -0.39 is 52.9 Å². The maximum absolute atomic E-state index is 14.2. The predicted molar refractivity (Wildman–Crippen MR) is 119 cm³/mol. The molecule has 2 N–H and O–H groups in total. The molecule has 1 aliphatic carbocycles. The van der Waals surface area contributed by atoms with E-state index in [1.807, 2.05) is 0 Å². The normalized spacial score (nSPS) is 20.3. The summed E-state index contributed by atoms with van der Waals surface area (Å²) in [7, 11) is 0. The Morgan fingerprint density at radius 1 is 1.03 bits per heavy atom. The number of carboxylic acids is 1. The van der Waals surface area contributed by atoms with Crippen molar-refractivity contribution in [2.24, 2.45) is 11.8 Å². The maximum Gasteiger partial charge on any atom is 0.416 e. The summed E-state index contributed by atoms with van der Waals surface area (Å²) in [5, 5.41) is 20.1. The molecule has 1 fully saturated rings. The first kappa shape index (κ1) is 24.3. The van der Waals surface area contributed by atoms with Gasteiger partial charge in [-0.05, 0) is 54.7 Å². The summed E-state index contributed by atoms with van der Waals surface area (Å²) in [6.45, 7) is 0. The highest BCUT2D eigenvalue weighted by molar-refractivity contribution is 5.95. The number of anilines is 1. The van der Waals surface area contributed by atoms with Crippen LogP contribution < -0.4 is 5.32 Å². The Bertz CT molecular complexity index is 1220. The van der Waals surface area contributed by atoms with E-state index in [-0.39, 0.29) is 6.42 Å². The third-order valence-electron chi connectivity index (χ3n) is 6.28. The lowest BCUT2D eigenvalue weighted by atomic mass is 9.69. The van der Waals surface area contributed by atoms with Crippen molar-refractivity contribution in [2.75, 3.05) is 5.32 Å². The molecule has 0 aliphatic heterocycles. The number of hydrogen-bond acceptors (Lipinski definition) is 4. The Balaban J connectivity index is 1.55. The van der Waals surface area contributed by atoms with Gasteiger partial charge in [0, 0.05) is 11.8 Å². The summed E-state index contributed by atoms with van der Waals surface area (Å²) in [6.07, 6.45) is -1.80. The summed E-state index contributed by atoms with van der Waals surface area (Å²) < 4.78 is 52.6. The average Bonchev–Trinajstić information content (AvgIpc) is 2.84. The van der Waals surface area contributed by atoms with Gasteiger partial charge < -0.3 is 10.4 Å². The molecule has 0 radical (unpaired) electrons. The minimum Gasteiger partial charge on any atom is -0.481 e. The number of benzene rings is 2. The van der Waals surface area contributed by atoms with Gasteiger partial charge in [-0.25, -0.2) is 4.39 Å². The van der Waals surface area contributed by atoms with Crippen molar-refractivity contribution in [3.8, 4) is 11.3 Å². The molecule has 0 spiro atoms. The van der Waals surface area contributed by atoms with Crippen molar-refractivity contribution in [2.45, 2.75) is 31.4 Å². The second-order valence-corrected chi connectivity index (χ2v) is 8.42. The van der Waals surface area contributed by atoms with Crippen LogP contribution in [0.25, 0.3) is 11.3 Å². The van der Waals surface area contributed by atoms with Gasteiger partial charge in [-0.3, -0.25) is 9.59 Å². The van der Waals surface area contributed by atoms with Crippen LogP contribution in [0.2, 0.25) is 0 Å². The van der Waals surface area contributed by atoms with Crippen molar-refractivity contribution in [3.63, 3.8) is 0 Å². The highest BCUT2D eigenvalue weighted by atomic mass is 19.4. The highest BCUT2D eigenvalue weighted by Crippen LogP contribution is 2.42. The average molecular weight is 487 g/mol. The molecule has 3 atom stereocenters. The van der Waals surface area contributed by atoms with E-state index in [0.29, 0.717) is 30.7 Å². The maximum atomic E-state index is 14.2. The summed E-state index contributed by atoms with van der Waals surface area (Å²) >= 11 is 0. The van der Waals surface area contributed by atoms with Crippen LogP contribution >= 0.6 is 0 Å². The third kappa shape index (κ3) is 5.31. The van der Waals surface area contributed by atoms with Crippen molar-refractivity contribution >= 4 is 17.6 Å². The predicted octanol–water partition coefficient (Wildman–Crippen LogP) is 5.52. The minimum absolute atomic E-state index is 0.263. The minimum atomic E-state index is -4.73. The van der Waals surface area contributed by atoms with Gasteiger partial charge in [0.2, 0.25) is 5.91 Å². The third-order valence-corrected chi connectivity index (χ3v) is 6.28. The van der Waals surface area contributed by atoms with E-state index in [1.54, 1.807) is 42.6 Å². The molecule has 4 rings (SSSR count). The molecule has 1 saturated carbocycles. The van der Waals surface area contributed by atoms with E-state index in [1.165, 1.54) is 0 Å². The van der Waals surface area contributed by atoms with Crippen LogP contribution in [0.3, 0.4) is 0 Å². The summed E-state index contributed by atoms with van der Waals surface area (Å²) in [4.78, 5) is 25.2. The first-order valence-corrected chi connectivity index (χ1v) is 10.9. The first-order chi connectivity index (χ1) is 16.6. The molecule has 2 aromatic carbocycles. The van der Waals surface area contributed by atoms with Crippen LogP contribution in [0.15, 0.2) is 60.8 Å². The fourth-order valence-electron chi connectivity index (χ4n) is 4.58. The molecule has 182 valence electrons. The Morgan fingerprint density at radius 2 is 1.77 bits per heavy atom. The molecule has 1 aromatic heterocycles. The lowest BCUT2D eigenvalue weighted by Crippen LogP contribution is -2.40. The number of carboxylic acid groups (broad SMARTS) is 1. The van der Waals surface area contributed by atoms with E-state index in [4.69, 9.17) is 0 Å². The molecule has 0 saturated heterocycles. The zero-order chi connectivity index (χ0) is 25.2. The summed E-state index contributed by atoms with van der Waals surface area (Å²) in [5.41, 5.74) is 0.592. The van der Waals surface area contributed by atoms with Gasteiger partial charge in [0.15, 0.2) is 0 Å². The molecular weight excluding hydrogens is 466 g/mol. The number of carbonyl (C=O) groups excluding carboxylic acids is 1. The van der Waals surface area contributed by atoms with Crippen LogP contribution in [0.5, 0.6) is 0 Å². The molecule has 0 bridgehead atoms. The fourth-order valence-corrected chi connectivity index (χ4v) is 4.58. The van der Waals surface area contributed by atoms with Gasteiger partial charge in [0.1, 0.15) is 5.82 Å². The summed E-state index contributed by atoms with van der Waals surface area (Å²) in [5.74, 6) is -5.67. The molecule has 1 heterocycles. The topological polar surface area (TPSA) is 92.2 Å². The van der Waals surface area contributed by atoms with Crippen molar-refractivity contribution in [1.29, 1.82) is 0 Å². The summed E-state index contributed by atoms with van der Waals surface area (Å²) in [6, 6.07) is 12.5. The monoisotopic (exact) mass is 487 g/mol. The zero-order valence-electron chi connectivity index (χ0n) is 18.3. The fraction of sp³-hybridized carbons (Fsp3) is 0.280. The molecule has 10 heteroatoms. The number of aliphatic carboxylic acids is 1. The molecular formula is C25H21F4N3O3.